The lowest BCUT2D eigenvalue weighted by molar-refractivity contribution is -0.135. The van der Waals surface area contributed by atoms with Crippen molar-refractivity contribution in [3.05, 3.63) is 0 Å². The second kappa shape index (κ2) is 5.87. The van der Waals surface area contributed by atoms with Crippen LogP contribution in [0, 0.1) is 0 Å². The number of nitrogens with zero attached hydrogens (tertiary/aromatic N) is 1. The topological polar surface area (TPSA) is 29.5 Å². The fourth-order valence-corrected chi connectivity index (χ4v) is 2.94. The number of alkyl halides is 1. The molecule has 92 valence electrons. The van der Waals surface area contributed by atoms with E-state index in [1.54, 1.807) is 0 Å². The van der Waals surface area contributed by atoms with Crippen molar-refractivity contribution in [2.24, 2.45) is 0 Å². The van der Waals surface area contributed by atoms with Crippen molar-refractivity contribution >= 4 is 17.5 Å². The average Bonchev–Trinajstić information content (AvgIpc) is 2.79. The molecule has 2 heterocycles. The number of carbonyl (C=O) groups excluding carboxylic acids is 1. The van der Waals surface area contributed by atoms with Gasteiger partial charge in [-0.3, -0.25) is 4.79 Å². The quantitative estimate of drug-likeness (QED) is 0.714. The molecule has 2 atom stereocenters. The molecule has 0 bridgehead atoms. The van der Waals surface area contributed by atoms with Crippen molar-refractivity contribution in [3.8, 4) is 0 Å². The molecule has 0 saturated carbocycles. The minimum absolute atomic E-state index is 0.201. The molecule has 0 spiro atoms. The number of hydrogen-bond acceptors (Lipinski definition) is 2. The van der Waals surface area contributed by atoms with Gasteiger partial charge in [-0.2, -0.15) is 0 Å². The van der Waals surface area contributed by atoms with Gasteiger partial charge in [-0.25, -0.2) is 0 Å². The van der Waals surface area contributed by atoms with E-state index in [1.165, 1.54) is 12.8 Å². The second-order valence-corrected chi connectivity index (χ2v) is 5.02. The Hall–Kier alpha value is -0.280. The van der Waals surface area contributed by atoms with Gasteiger partial charge in [0.2, 0.25) is 5.91 Å². The zero-order valence-corrected chi connectivity index (χ0v) is 10.4. The highest BCUT2D eigenvalue weighted by atomic mass is 35.5. The van der Waals surface area contributed by atoms with Crippen LogP contribution in [0.25, 0.3) is 0 Å². The molecule has 0 aromatic heterocycles. The lowest BCUT2D eigenvalue weighted by atomic mass is 10.00. The molecule has 2 fully saturated rings. The Bertz CT molecular complexity index is 241. The van der Waals surface area contributed by atoms with Crippen molar-refractivity contribution in [1.29, 1.82) is 0 Å². The molecule has 2 unspecified atom stereocenters. The highest BCUT2D eigenvalue weighted by molar-refractivity contribution is 6.18. The Labute approximate surface area is 102 Å². The van der Waals surface area contributed by atoms with Crippen LogP contribution in [-0.4, -0.2) is 42.0 Å². The molecule has 16 heavy (non-hydrogen) atoms. The highest BCUT2D eigenvalue weighted by Gasteiger charge is 2.35. The predicted octanol–water partition coefficient (Wildman–Crippen LogP) is 2.18. The molecule has 2 aliphatic rings. The van der Waals surface area contributed by atoms with Crippen molar-refractivity contribution in [2.45, 2.75) is 50.7 Å². The first-order valence-electron chi connectivity index (χ1n) is 6.30. The minimum Gasteiger partial charge on any atom is -0.376 e. The molecule has 0 N–H and O–H groups in total. The summed E-state index contributed by atoms with van der Waals surface area (Å²) in [5.74, 6) is 0.625. The van der Waals surface area contributed by atoms with Crippen LogP contribution in [0.3, 0.4) is 0 Å². The van der Waals surface area contributed by atoms with Crippen LogP contribution in [0.2, 0.25) is 0 Å². The van der Waals surface area contributed by atoms with Crippen molar-refractivity contribution in [1.82, 2.24) is 4.90 Å². The smallest absolute Gasteiger partial charge is 0.224 e. The number of amides is 1. The third-order valence-electron chi connectivity index (χ3n) is 3.57. The first-order chi connectivity index (χ1) is 7.83. The van der Waals surface area contributed by atoms with E-state index in [1.807, 2.05) is 4.90 Å². The molecular weight excluding hydrogens is 226 g/mol. The first-order valence-corrected chi connectivity index (χ1v) is 6.83. The molecular formula is C12H20ClNO2. The number of ether oxygens (including phenoxy) is 1. The number of carbonyl (C=O) groups is 1. The Morgan fingerprint density at radius 3 is 2.88 bits per heavy atom. The maximum atomic E-state index is 11.9. The van der Waals surface area contributed by atoms with E-state index in [9.17, 15) is 4.79 Å². The third kappa shape index (κ3) is 2.69. The SMILES string of the molecule is O=C(CCCl)N1CCCC1C1CCCCO1. The highest BCUT2D eigenvalue weighted by Crippen LogP contribution is 2.27. The fourth-order valence-electron chi connectivity index (χ4n) is 2.78. The summed E-state index contributed by atoms with van der Waals surface area (Å²) >= 11 is 5.63. The summed E-state index contributed by atoms with van der Waals surface area (Å²) in [6.45, 7) is 1.75. The van der Waals surface area contributed by atoms with E-state index in [0.717, 1.165) is 32.4 Å². The Balaban J connectivity index is 1.93. The van der Waals surface area contributed by atoms with Gasteiger partial charge in [0.05, 0.1) is 12.1 Å². The summed E-state index contributed by atoms with van der Waals surface area (Å²) in [6, 6.07) is 0.316. The van der Waals surface area contributed by atoms with Gasteiger partial charge in [0.1, 0.15) is 0 Å². The fraction of sp³-hybridized carbons (Fsp3) is 0.917. The number of likely N-dealkylation sites (tertiary alicyclic amines) is 1. The van der Waals surface area contributed by atoms with Gasteiger partial charge < -0.3 is 9.64 Å². The normalized spacial score (nSPS) is 30.7. The second-order valence-electron chi connectivity index (χ2n) is 4.64. The number of halogens is 1. The van der Waals surface area contributed by atoms with Crippen LogP contribution >= 0.6 is 11.6 Å². The molecule has 0 aromatic rings. The summed E-state index contributed by atoms with van der Waals surface area (Å²) in [5.41, 5.74) is 0. The summed E-state index contributed by atoms with van der Waals surface area (Å²) in [7, 11) is 0. The van der Waals surface area contributed by atoms with Gasteiger partial charge in [-0.15, -0.1) is 11.6 Å². The third-order valence-corrected chi connectivity index (χ3v) is 3.76. The Morgan fingerprint density at radius 1 is 1.31 bits per heavy atom. The number of hydrogen-bond donors (Lipinski definition) is 0. The lowest BCUT2D eigenvalue weighted by Crippen LogP contribution is -2.45. The zero-order valence-electron chi connectivity index (χ0n) is 9.66. The molecule has 2 rings (SSSR count). The van der Waals surface area contributed by atoms with Crippen LogP contribution < -0.4 is 0 Å². The molecule has 0 aliphatic carbocycles. The van der Waals surface area contributed by atoms with Gasteiger partial charge in [0.25, 0.3) is 0 Å². The Morgan fingerprint density at radius 2 is 2.19 bits per heavy atom. The molecule has 0 aromatic carbocycles. The van der Waals surface area contributed by atoms with Gasteiger partial charge in [0, 0.05) is 25.5 Å². The first kappa shape index (κ1) is 12.2. The molecule has 4 heteroatoms. The van der Waals surface area contributed by atoms with Gasteiger partial charge >= 0.3 is 0 Å². The summed E-state index contributed by atoms with van der Waals surface area (Å²) in [5, 5.41) is 0. The van der Waals surface area contributed by atoms with Crippen molar-refractivity contribution < 1.29 is 9.53 Å². The number of rotatable bonds is 3. The predicted molar refractivity (Wildman–Crippen MR) is 63.7 cm³/mol. The van der Waals surface area contributed by atoms with E-state index in [4.69, 9.17) is 16.3 Å². The molecule has 2 aliphatic heterocycles. The lowest BCUT2D eigenvalue weighted by Gasteiger charge is -2.34. The largest absolute Gasteiger partial charge is 0.376 e. The van der Waals surface area contributed by atoms with Crippen molar-refractivity contribution in [2.75, 3.05) is 19.0 Å². The molecule has 1 amide bonds. The van der Waals surface area contributed by atoms with Gasteiger partial charge in [-0.05, 0) is 32.1 Å². The van der Waals surface area contributed by atoms with E-state index in [2.05, 4.69) is 0 Å². The van der Waals surface area contributed by atoms with E-state index >= 15 is 0 Å². The summed E-state index contributed by atoms with van der Waals surface area (Å²) in [6.07, 6.45) is 6.45. The molecule has 3 nitrogen and oxygen atoms in total. The van der Waals surface area contributed by atoms with E-state index in [-0.39, 0.29) is 12.0 Å². The molecule has 2 saturated heterocycles. The van der Waals surface area contributed by atoms with Crippen LogP contribution in [-0.2, 0) is 9.53 Å². The van der Waals surface area contributed by atoms with E-state index < -0.39 is 0 Å². The van der Waals surface area contributed by atoms with Crippen LogP contribution in [0.4, 0.5) is 0 Å². The maximum Gasteiger partial charge on any atom is 0.224 e. The molecule has 0 radical (unpaired) electrons. The van der Waals surface area contributed by atoms with Crippen molar-refractivity contribution in [3.63, 3.8) is 0 Å². The van der Waals surface area contributed by atoms with Gasteiger partial charge in [-0.1, -0.05) is 0 Å². The average molecular weight is 246 g/mol. The minimum atomic E-state index is 0.201. The van der Waals surface area contributed by atoms with Crippen LogP contribution in [0.1, 0.15) is 38.5 Å². The summed E-state index contributed by atoms with van der Waals surface area (Å²) < 4.78 is 5.79. The van der Waals surface area contributed by atoms with Gasteiger partial charge in [0.15, 0.2) is 0 Å². The summed E-state index contributed by atoms with van der Waals surface area (Å²) in [4.78, 5) is 13.9. The van der Waals surface area contributed by atoms with Crippen LogP contribution in [0.15, 0.2) is 0 Å². The monoisotopic (exact) mass is 245 g/mol. The van der Waals surface area contributed by atoms with E-state index in [0.29, 0.717) is 18.3 Å². The maximum absolute atomic E-state index is 11.9. The standard InChI is InChI=1S/C12H20ClNO2/c13-7-6-12(15)14-8-3-4-10(14)11-5-1-2-9-16-11/h10-11H,1-9H2. The van der Waals surface area contributed by atoms with Crippen LogP contribution in [0.5, 0.6) is 0 Å². The zero-order chi connectivity index (χ0) is 11.4. The Kier molecular flexibility index (Phi) is 4.47.